The summed E-state index contributed by atoms with van der Waals surface area (Å²) >= 11 is 0. The number of nitrogens with zero attached hydrogens (tertiary/aromatic N) is 2. The minimum absolute atomic E-state index is 0. The Balaban J connectivity index is 0. The molecule has 0 heterocycles. The highest BCUT2D eigenvalue weighted by Crippen LogP contribution is 2.23. The third-order valence-electron chi connectivity index (χ3n) is 6.66. The van der Waals surface area contributed by atoms with E-state index >= 15 is 0 Å². The highest BCUT2D eigenvalue weighted by Gasteiger charge is 2.24. The number of aryl methyl sites for hydroxylation is 1. The first-order valence-electron chi connectivity index (χ1n) is 10.4. The zero-order valence-corrected chi connectivity index (χ0v) is 22.3. The van der Waals surface area contributed by atoms with Gasteiger partial charge < -0.3 is 52.4 Å². The first kappa shape index (κ1) is 28.8. The summed E-state index contributed by atoms with van der Waals surface area (Å²) in [5.74, 6) is 0. The highest BCUT2D eigenvalue weighted by atomic mass is 127. The summed E-state index contributed by atoms with van der Waals surface area (Å²) < 4.78 is 2.38. The van der Waals surface area contributed by atoms with Gasteiger partial charge >= 0.3 is 0 Å². The molecule has 0 unspecified atom stereocenters. The summed E-state index contributed by atoms with van der Waals surface area (Å²) in [6.45, 7) is 22.6. The topological polar surface area (TPSA) is 0 Å². The molecule has 0 N–H and O–H groups in total. The van der Waals surface area contributed by atoms with Crippen LogP contribution in [0.15, 0.2) is 24.3 Å². The van der Waals surface area contributed by atoms with Crippen LogP contribution in [-0.4, -0.2) is 50.3 Å². The summed E-state index contributed by atoms with van der Waals surface area (Å²) in [4.78, 5) is 0. The summed E-state index contributed by atoms with van der Waals surface area (Å²) in [5, 5.41) is 0. The Hall–Kier alpha value is 0.600. The van der Waals surface area contributed by atoms with Gasteiger partial charge in [-0.15, -0.1) is 0 Å². The number of benzene rings is 1. The van der Waals surface area contributed by atoms with Crippen molar-refractivity contribution >= 4 is 5.69 Å². The van der Waals surface area contributed by atoms with Crippen LogP contribution >= 0.6 is 0 Å². The van der Waals surface area contributed by atoms with Crippen molar-refractivity contribution in [3.63, 3.8) is 0 Å². The molecule has 0 spiro atoms. The molecule has 0 aliphatic rings. The smallest absolute Gasteiger partial charge is 0.132 e. The summed E-state index contributed by atoms with van der Waals surface area (Å²) in [6.07, 6.45) is 3.88. The van der Waals surface area contributed by atoms with Gasteiger partial charge in [0.25, 0.3) is 0 Å². The second-order valence-corrected chi connectivity index (χ2v) is 7.23. The number of hydrogen-bond donors (Lipinski definition) is 0. The average molecular weight is 588 g/mol. The van der Waals surface area contributed by atoms with Gasteiger partial charge in [-0.05, 0) is 78.5 Å². The predicted octanol–water partition coefficient (Wildman–Crippen LogP) is -0.739. The number of hydrogen-bond acceptors (Lipinski definition) is 0. The Bertz CT molecular complexity index is 435. The molecule has 4 heteroatoms. The van der Waals surface area contributed by atoms with Crippen LogP contribution in [0.25, 0.3) is 0 Å². The average Bonchev–Trinajstić information content (AvgIpc) is 2.65. The van der Waals surface area contributed by atoms with Crippen LogP contribution in [-0.2, 0) is 6.42 Å². The summed E-state index contributed by atoms with van der Waals surface area (Å²) in [6, 6.07) is 9.47. The van der Waals surface area contributed by atoms with Crippen LogP contribution in [0.4, 0.5) is 5.69 Å². The number of halogens is 2. The first-order chi connectivity index (χ1) is 11.5. The molecule has 154 valence electrons. The maximum absolute atomic E-state index is 2.37. The van der Waals surface area contributed by atoms with Crippen LogP contribution in [0.1, 0.15) is 59.9 Å². The second-order valence-electron chi connectivity index (χ2n) is 7.23. The number of unbranched alkanes of at least 4 members (excludes halogenated alkanes) is 1. The fourth-order valence-electron chi connectivity index (χ4n) is 4.12. The number of quaternary nitrogens is 2. The van der Waals surface area contributed by atoms with E-state index in [4.69, 9.17) is 0 Å². The Morgan fingerprint density at radius 3 is 1.46 bits per heavy atom. The lowest BCUT2D eigenvalue weighted by atomic mass is 10.1. The SMILES string of the molecule is CC[N+](CC)(CC)CCCCc1ccc([N+](CC)(CC)CC)cc1.[I-].[I-]. The minimum Gasteiger partial charge on any atom is -1.00 e. The Labute approximate surface area is 197 Å². The molecule has 0 amide bonds. The van der Waals surface area contributed by atoms with Gasteiger partial charge in [-0.1, -0.05) is 12.1 Å². The van der Waals surface area contributed by atoms with Gasteiger partial charge in [0, 0.05) is 0 Å². The lowest BCUT2D eigenvalue weighted by Crippen LogP contribution is -3.00. The molecule has 0 radical (unpaired) electrons. The standard InChI is InChI=1S/C22H42N2.2HI/c1-7-23(8-2,9-3)20-14-13-15-21-16-18-22(19-17-21)24(10-4,11-5)12-6;;/h16-19H,7-15,20H2,1-6H3;2*1H/q+2;;/p-2. The third kappa shape index (κ3) is 7.55. The van der Waals surface area contributed by atoms with Gasteiger partial charge in [0.05, 0.1) is 45.8 Å². The maximum Gasteiger partial charge on any atom is 0.132 e. The van der Waals surface area contributed by atoms with Gasteiger partial charge in [0.1, 0.15) is 5.69 Å². The molecule has 26 heavy (non-hydrogen) atoms. The summed E-state index contributed by atoms with van der Waals surface area (Å²) in [7, 11) is 0. The number of rotatable bonds is 12. The van der Waals surface area contributed by atoms with Crippen LogP contribution in [0.3, 0.4) is 0 Å². The van der Waals surface area contributed by atoms with Gasteiger partial charge in [-0.3, -0.25) is 4.48 Å². The van der Waals surface area contributed by atoms with E-state index in [1.807, 2.05) is 0 Å². The molecule has 1 aromatic rings. The molecule has 0 aliphatic heterocycles. The van der Waals surface area contributed by atoms with Crippen LogP contribution in [0.5, 0.6) is 0 Å². The van der Waals surface area contributed by atoms with E-state index in [-0.39, 0.29) is 48.0 Å². The predicted molar refractivity (Wildman–Crippen MR) is 110 cm³/mol. The lowest BCUT2D eigenvalue weighted by molar-refractivity contribution is -0.923. The van der Waals surface area contributed by atoms with E-state index in [0.717, 1.165) is 4.48 Å². The lowest BCUT2D eigenvalue weighted by Gasteiger charge is -2.36. The fraction of sp³-hybridized carbons (Fsp3) is 0.727. The van der Waals surface area contributed by atoms with Gasteiger partial charge in [-0.25, -0.2) is 0 Å². The van der Waals surface area contributed by atoms with E-state index in [1.54, 1.807) is 0 Å². The fourth-order valence-corrected chi connectivity index (χ4v) is 4.12. The van der Waals surface area contributed by atoms with Crippen molar-refractivity contribution in [1.29, 1.82) is 0 Å². The molecule has 0 saturated heterocycles. The van der Waals surface area contributed by atoms with Crippen molar-refractivity contribution in [2.45, 2.75) is 60.8 Å². The molecule has 0 fully saturated rings. The van der Waals surface area contributed by atoms with Gasteiger partial charge in [0.15, 0.2) is 0 Å². The van der Waals surface area contributed by atoms with Crippen molar-refractivity contribution in [3.05, 3.63) is 29.8 Å². The van der Waals surface area contributed by atoms with E-state index in [2.05, 4.69) is 65.8 Å². The quantitative estimate of drug-likeness (QED) is 0.172. The molecule has 0 bridgehead atoms. The van der Waals surface area contributed by atoms with E-state index in [1.165, 1.54) is 80.8 Å². The van der Waals surface area contributed by atoms with Crippen molar-refractivity contribution in [2.24, 2.45) is 0 Å². The highest BCUT2D eigenvalue weighted by molar-refractivity contribution is 5.44. The molecule has 0 aromatic heterocycles. The molecule has 1 aromatic carbocycles. The monoisotopic (exact) mass is 588 g/mol. The third-order valence-corrected chi connectivity index (χ3v) is 6.66. The van der Waals surface area contributed by atoms with Crippen LogP contribution in [0, 0.1) is 0 Å². The Kier molecular flexibility index (Phi) is 16.2. The van der Waals surface area contributed by atoms with Gasteiger partial charge in [-0.2, -0.15) is 0 Å². The zero-order chi connectivity index (χ0) is 18.1. The van der Waals surface area contributed by atoms with Crippen molar-refractivity contribution in [3.8, 4) is 0 Å². The largest absolute Gasteiger partial charge is 1.00 e. The second kappa shape index (κ2) is 14.6. The molecule has 0 atom stereocenters. The van der Waals surface area contributed by atoms with Crippen LogP contribution in [0.2, 0.25) is 0 Å². The maximum atomic E-state index is 2.37. The van der Waals surface area contributed by atoms with Crippen LogP contribution < -0.4 is 52.4 Å². The van der Waals surface area contributed by atoms with Crippen molar-refractivity contribution in [2.75, 3.05) is 45.8 Å². The molecule has 0 aliphatic carbocycles. The molecule has 0 saturated carbocycles. The molecule has 2 nitrogen and oxygen atoms in total. The molecular weight excluding hydrogens is 546 g/mol. The Morgan fingerprint density at radius 2 is 1.08 bits per heavy atom. The van der Waals surface area contributed by atoms with Gasteiger partial charge in [0.2, 0.25) is 0 Å². The molecular formula is C22H42I2N2. The van der Waals surface area contributed by atoms with E-state index in [9.17, 15) is 0 Å². The van der Waals surface area contributed by atoms with Crippen molar-refractivity contribution < 1.29 is 52.4 Å². The zero-order valence-electron chi connectivity index (χ0n) is 18.0. The molecule has 1 rings (SSSR count). The van der Waals surface area contributed by atoms with E-state index in [0.29, 0.717) is 0 Å². The Morgan fingerprint density at radius 1 is 0.615 bits per heavy atom. The minimum atomic E-state index is 0. The first-order valence-corrected chi connectivity index (χ1v) is 10.4. The van der Waals surface area contributed by atoms with Crippen molar-refractivity contribution in [1.82, 2.24) is 4.48 Å². The van der Waals surface area contributed by atoms with E-state index < -0.39 is 0 Å². The summed E-state index contributed by atoms with van der Waals surface area (Å²) in [5.41, 5.74) is 2.98. The normalized spacial score (nSPS) is 11.6.